The number of hydrogen-bond acceptors (Lipinski definition) is 3. The van der Waals surface area contributed by atoms with Gasteiger partial charge in [0.15, 0.2) is 0 Å². The minimum Gasteiger partial charge on any atom is -0.371 e. The summed E-state index contributed by atoms with van der Waals surface area (Å²) >= 11 is 0. The number of amides is 2. The Balaban J connectivity index is 1.54. The maximum absolute atomic E-state index is 13.3. The van der Waals surface area contributed by atoms with Gasteiger partial charge in [-0.1, -0.05) is 37.3 Å². The minimum atomic E-state index is -0.206. The third-order valence-electron chi connectivity index (χ3n) is 6.24. The molecule has 5 heteroatoms. The largest absolute Gasteiger partial charge is 0.371 e. The van der Waals surface area contributed by atoms with Crippen molar-refractivity contribution in [2.75, 3.05) is 36.4 Å². The summed E-state index contributed by atoms with van der Waals surface area (Å²) < 4.78 is 0. The zero-order chi connectivity index (χ0) is 21.6. The molecule has 2 aromatic carbocycles. The molecule has 0 radical (unpaired) electrons. The van der Waals surface area contributed by atoms with Gasteiger partial charge in [-0.25, -0.2) is 0 Å². The van der Waals surface area contributed by atoms with Crippen LogP contribution in [0, 0.1) is 5.92 Å². The van der Waals surface area contributed by atoms with Crippen LogP contribution in [0.2, 0.25) is 0 Å². The fourth-order valence-corrected chi connectivity index (χ4v) is 4.32. The van der Waals surface area contributed by atoms with Crippen LogP contribution >= 0.6 is 0 Å². The molecule has 2 aliphatic heterocycles. The van der Waals surface area contributed by atoms with Gasteiger partial charge in [-0.05, 0) is 61.4 Å². The number of nitrogens with zero attached hydrogens (tertiary/aromatic N) is 2. The van der Waals surface area contributed by atoms with E-state index in [-0.39, 0.29) is 11.8 Å². The van der Waals surface area contributed by atoms with E-state index in [4.69, 9.17) is 0 Å². The average Bonchev–Trinajstić information content (AvgIpc) is 3.34. The highest BCUT2D eigenvalue weighted by Crippen LogP contribution is 2.30. The number of likely N-dealkylation sites (tertiary alicyclic amines) is 1. The fourth-order valence-electron chi connectivity index (χ4n) is 4.32. The Labute approximate surface area is 184 Å². The van der Waals surface area contributed by atoms with E-state index in [2.05, 4.69) is 17.1 Å². The van der Waals surface area contributed by atoms with Gasteiger partial charge >= 0.3 is 0 Å². The monoisotopic (exact) mass is 417 g/mol. The lowest BCUT2D eigenvalue weighted by atomic mass is 9.97. The van der Waals surface area contributed by atoms with E-state index in [1.165, 1.54) is 6.08 Å². The molecule has 2 saturated heterocycles. The first-order chi connectivity index (χ1) is 15.1. The van der Waals surface area contributed by atoms with E-state index in [0.717, 1.165) is 69.0 Å². The summed E-state index contributed by atoms with van der Waals surface area (Å²) in [5.74, 6) is 0.592. The van der Waals surface area contributed by atoms with Gasteiger partial charge in [0.05, 0.1) is 5.56 Å². The molecule has 0 bridgehead atoms. The highest BCUT2D eigenvalue weighted by atomic mass is 16.2. The zero-order valence-electron chi connectivity index (χ0n) is 18.2. The lowest BCUT2D eigenvalue weighted by Crippen LogP contribution is -2.35. The topological polar surface area (TPSA) is 52.7 Å². The minimum absolute atomic E-state index is 0.0713. The average molecular weight is 418 g/mol. The Morgan fingerprint density at radius 2 is 1.68 bits per heavy atom. The maximum Gasteiger partial charge on any atom is 0.256 e. The number of rotatable bonds is 5. The van der Waals surface area contributed by atoms with Crippen molar-refractivity contribution in [2.24, 2.45) is 5.92 Å². The Morgan fingerprint density at radius 1 is 0.968 bits per heavy atom. The molecule has 0 unspecified atom stereocenters. The van der Waals surface area contributed by atoms with Gasteiger partial charge in [-0.2, -0.15) is 0 Å². The lowest BCUT2D eigenvalue weighted by molar-refractivity contribution is -0.111. The number of piperidine rings is 1. The van der Waals surface area contributed by atoms with Crippen molar-refractivity contribution >= 4 is 29.3 Å². The summed E-state index contributed by atoms with van der Waals surface area (Å²) in [6.45, 7) is 5.84. The summed E-state index contributed by atoms with van der Waals surface area (Å²) in [5, 5.41) is 2.92. The molecule has 2 fully saturated rings. The Hall–Kier alpha value is -3.08. The maximum atomic E-state index is 13.3. The highest BCUT2D eigenvalue weighted by molar-refractivity contribution is 6.05. The van der Waals surface area contributed by atoms with Gasteiger partial charge in [-0.15, -0.1) is 0 Å². The second-order valence-corrected chi connectivity index (χ2v) is 8.63. The van der Waals surface area contributed by atoms with Crippen LogP contribution in [0.5, 0.6) is 0 Å². The van der Waals surface area contributed by atoms with Crippen molar-refractivity contribution in [2.45, 2.75) is 32.6 Å². The van der Waals surface area contributed by atoms with E-state index in [1.807, 2.05) is 53.4 Å². The molecular formula is C26H31N3O2. The predicted molar refractivity (Wildman–Crippen MR) is 126 cm³/mol. The first-order valence-corrected chi connectivity index (χ1v) is 11.3. The van der Waals surface area contributed by atoms with Gasteiger partial charge < -0.3 is 15.1 Å². The molecule has 2 aromatic rings. The Morgan fingerprint density at radius 3 is 2.39 bits per heavy atom. The van der Waals surface area contributed by atoms with Gasteiger partial charge in [-0.3, -0.25) is 9.59 Å². The van der Waals surface area contributed by atoms with Crippen molar-refractivity contribution in [1.29, 1.82) is 0 Å². The third kappa shape index (κ3) is 5.35. The normalized spacial score (nSPS) is 17.3. The standard InChI is InChI=1S/C26H31N3O2/c1-20-13-17-28(18-14-20)24-11-10-22(19-23(24)26(31)29-15-5-6-16-29)27-25(30)12-9-21-7-3-2-4-8-21/h2-4,7-12,19-20H,5-6,13-18H2,1H3,(H,27,30). The van der Waals surface area contributed by atoms with Gasteiger partial charge in [0.1, 0.15) is 0 Å². The summed E-state index contributed by atoms with van der Waals surface area (Å²) in [6, 6.07) is 15.5. The van der Waals surface area contributed by atoms with Crippen molar-refractivity contribution in [3.05, 3.63) is 65.7 Å². The second kappa shape index (κ2) is 9.82. The van der Waals surface area contributed by atoms with E-state index < -0.39 is 0 Å². The van der Waals surface area contributed by atoms with Crippen LogP contribution < -0.4 is 10.2 Å². The van der Waals surface area contributed by atoms with Gasteiger partial charge in [0.2, 0.25) is 5.91 Å². The molecule has 2 amide bonds. The van der Waals surface area contributed by atoms with Crippen molar-refractivity contribution in [1.82, 2.24) is 4.90 Å². The molecule has 0 saturated carbocycles. The van der Waals surface area contributed by atoms with Gasteiger partial charge in [0, 0.05) is 43.6 Å². The van der Waals surface area contributed by atoms with Crippen LogP contribution in [0.4, 0.5) is 11.4 Å². The molecule has 2 heterocycles. The predicted octanol–water partition coefficient (Wildman–Crippen LogP) is 4.81. The van der Waals surface area contributed by atoms with Crippen LogP contribution in [-0.2, 0) is 4.79 Å². The van der Waals surface area contributed by atoms with E-state index in [9.17, 15) is 9.59 Å². The van der Waals surface area contributed by atoms with E-state index in [1.54, 1.807) is 6.08 Å². The Kier molecular flexibility index (Phi) is 6.70. The molecule has 4 rings (SSSR count). The number of carbonyl (C=O) groups is 2. The first kappa shape index (κ1) is 21.2. The summed E-state index contributed by atoms with van der Waals surface area (Å²) in [7, 11) is 0. The molecule has 0 aliphatic carbocycles. The molecule has 31 heavy (non-hydrogen) atoms. The van der Waals surface area contributed by atoms with Crippen LogP contribution in [0.25, 0.3) is 6.08 Å². The van der Waals surface area contributed by atoms with E-state index >= 15 is 0 Å². The van der Waals surface area contributed by atoms with E-state index in [0.29, 0.717) is 11.3 Å². The van der Waals surface area contributed by atoms with Crippen LogP contribution in [0.3, 0.4) is 0 Å². The number of anilines is 2. The smallest absolute Gasteiger partial charge is 0.256 e. The molecule has 0 aromatic heterocycles. The number of nitrogens with one attached hydrogen (secondary N) is 1. The van der Waals surface area contributed by atoms with Crippen LogP contribution in [-0.4, -0.2) is 42.9 Å². The molecule has 162 valence electrons. The molecule has 5 nitrogen and oxygen atoms in total. The van der Waals surface area contributed by atoms with Crippen molar-refractivity contribution < 1.29 is 9.59 Å². The van der Waals surface area contributed by atoms with Crippen molar-refractivity contribution in [3.8, 4) is 0 Å². The lowest BCUT2D eigenvalue weighted by Gasteiger charge is -2.34. The molecular weight excluding hydrogens is 386 g/mol. The fraction of sp³-hybridized carbons (Fsp3) is 0.385. The molecule has 0 spiro atoms. The van der Waals surface area contributed by atoms with Gasteiger partial charge in [0.25, 0.3) is 5.91 Å². The molecule has 0 atom stereocenters. The summed E-state index contributed by atoms with van der Waals surface area (Å²) in [5.41, 5.74) is 3.31. The number of hydrogen-bond donors (Lipinski definition) is 1. The number of carbonyl (C=O) groups excluding carboxylic acids is 2. The zero-order valence-corrected chi connectivity index (χ0v) is 18.2. The second-order valence-electron chi connectivity index (χ2n) is 8.63. The summed E-state index contributed by atoms with van der Waals surface area (Å²) in [4.78, 5) is 30.0. The highest BCUT2D eigenvalue weighted by Gasteiger charge is 2.26. The molecule has 2 aliphatic rings. The quantitative estimate of drug-likeness (QED) is 0.710. The first-order valence-electron chi connectivity index (χ1n) is 11.3. The third-order valence-corrected chi connectivity index (χ3v) is 6.24. The molecule has 1 N–H and O–H groups in total. The SMILES string of the molecule is CC1CCN(c2ccc(NC(=O)C=Cc3ccccc3)cc2C(=O)N2CCCC2)CC1. The van der Waals surface area contributed by atoms with Crippen LogP contribution in [0.15, 0.2) is 54.6 Å². The van der Waals surface area contributed by atoms with Crippen molar-refractivity contribution in [3.63, 3.8) is 0 Å². The summed E-state index contributed by atoms with van der Waals surface area (Å²) in [6.07, 6.45) is 7.71. The Bertz CT molecular complexity index is 940. The van der Waals surface area contributed by atoms with Crippen LogP contribution in [0.1, 0.15) is 48.5 Å². The number of benzene rings is 2.